The molecule has 3 aromatic rings. The molecule has 1 saturated heterocycles. The van der Waals surface area contributed by atoms with Crippen LogP contribution in [0.1, 0.15) is 29.5 Å². The minimum absolute atomic E-state index is 0.0100. The van der Waals surface area contributed by atoms with Crippen LogP contribution in [0.5, 0.6) is 11.8 Å². The number of hydrogen-bond donors (Lipinski definition) is 1. The van der Waals surface area contributed by atoms with E-state index >= 15 is 0 Å². The van der Waals surface area contributed by atoms with Crippen molar-refractivity contribution in [3.8, 4) is 11.8 Å². The fraction of sp³-hybridized carbons (Fsp3) is 0.375. The molecule has 4 rings (SSSR count). The molecule has 1 aliphatic rings. The summed E-state index contributed by atoms with van der Waals surface area (Å²) in [6.45, 7) is 7.32. The van der Waals surface area contributed by atoms with Crippen LogP contribution in [0.25, 0.3) is 0 Å². The zero-order valence-corrected chi connectivity index (χ0v) is 21.5. The topological polar surface area (TPSA) is 173 Å². The Labute approximate surface area is 214 Å². The molecule has 198 valence electrons. The van der Waals surface area contributed by atoms with Crippen LogP contribution in [0.3, 0.4) is 0 Å². The highest BCUT2D eigenvalue weighted by Gasteiger charge is 2.17. The Morgan fingerprint density at radius 2 is 1.24 bits per heavy atom. The quantitative estimate of drug-likeness (QED) is 0.383. The fourth-order valence-corrected chi connectivity index (χ4v) is 3.32. The SMILES string of the molecule is COc1cc(C)c(N)cn1.COc1cc(C)c([N+](=O)[O-])cn1.Cc1cc(N2CCCC2)ncc1[N+](=O)[O-]. The predicted molar refractivity (Wildman–Crippen MR) is 139 cm³/mol. The zero-order chi connectivity index (χ0) is 27.5. The molecule has 0 radical (unpaired) electrons. The van der Waals surface area contributed by atoms with Gasteiger partial charge in [-0.25, -0.2) is 15.0 Å². The van der Waals surface area contributed by atoms with Gasteiger partial charge in [-0.3, -0.25) is 20.2 Å². The summed E-state index contributed by atoms with van der Waals surface area (Å²) in [5.74, 6) is 1.85. The second-order valence-corrected chi connectivity index (χ2v) is 8.13. The molecule has 37 heavy (non-hydrogen) atoms. The van der Waals surface area contributed by atoms with Gasteiger partial charge in [-0.05, 0) is 45.2 Å². The number of aryl methyl sites for hydroxylation is 3. The number of nitrogens with two attached hydrogens (primary N) is 1. The Bertz CT molecular complexity index is 1230. The highest BCUT2D eigenvalue weighted by molar-refractivity contribution is 5.49. The van der Waals surface area contributed by atoms with Gasteiger partial charge in [-0.1, -0.05) is 0 Å². The van der Waals surface area contributed by atoms with Gasteiger partial charge in [0.05, 0.1) is 36.0 Å². The van der Waals surface area contributed by atoms with Crippen molar-refractivity contribution in [2.75, 3.05) is 37.9 Å². The lowest BCUT2D eigenvalue weighted by Gasteiger charge is -2.16. The van der Waals surface area contributed by atoms with E-state index in [2.05, 4.69) is 19.9 Å². The lowest BCUT2D eigenvalue weighted by molar-refractivity contribution is -0.385. The van der Waals surface area contributed by atoms with Crippen LogP contribution >= 0.6 is 0 Å². The van der Waals surface area contributed by atoms with E-state index in [-0.39, 0.29) is 11.4 Å². The summed E-state index contributed by atoms with van der Waals surface area (Å²) >= 11 is 0. The van der Waals surface area contributed by atoms with Crippen molar-refractivity contribution in [3.63, 3.8) is 0 Å². The first kappa shape index (κ1) is 28.7. The summed E-state index contributed by atoms with van der Waals surface area (Å²) in [5, 5.41) is 21.0. The molecule has 0 bridgehead atoms. The number of anilines is 2. The van der Waals surface area contributed by atoms with Crippen molar-refractivity contribution in [1.29, 1.82) is 0 Å². The summed E-state index contributed by atoms with van der Waals surface area (Å²) in [4.78, 5) is 34.0. The second-order valence-electron chi connectivity index (χ2n) is 8.13. The Morgan fingerprint density at radius 3 is 1.68 bits per heavy atom. The average molecular weight is 514 g/mol. The third kappa shape index (κ3) is 8.26. The van der Waals surface area contributed by atoms with Gasteiger partial charge in [-0.15, -0.1) is 0 Å². The van der Waals surface area contributed by atoms with E-state index in [0.717, 1.165) is 24.5 Å². The largest absolute Gasteiger partial charge is 0.481 e. The Morgan fingerprint density at radius 1 is 0.784 bits per heavy atom. The molecule has 1 fully saturated rings. The van der Waals surface area contributed by atoms with Crippen LogP contribution in [0.4, 0.5) is 22.9 Å². The molecule has 1 aliphatic heterocycles. The number of nitrogen functional groups attached to an aromatic ring is 1. The molecule has 2 N–H and O–H groups in total. The first-order chi connectivity index (χ1) is 17.6. The lowest BCUT2D eigenvalue weighted by atomic mass is 10.2. The minimum Gasteiger partial charge on any atom is -0.481 e. The van der Waals surface area contributed by atoms with Crippen LogP contribution in [-0.2, 0) is 0 Å². The van der Waals surface area contributed by atoms with Crippen molar-refractivity contribution >= 4 is 22.9 Å². The molecule has 13 nitrogen and oxygen atoms in total. The van der Waals surface area contributed by atoms with Crippen LogP contribution in [0.2, 0.25) is 0 Å². The number of hydrogen-bond acceptors (Lipinski definition) is 11. The molecule has 0 aromatic carbocycles. The van der Waals surface area contributed by atoms with E-state index in [4.69, 9.17) is 15.2 Å². The summed E-state index contributed by atoms with van der Waals surface area (Å²) in [6.07, 6.45) is 6.49. The molecule has 4 heterocycles. The highest BCUT2D eigenvalue weighted by Crippen LogP contribution is 2.24. The lowest BCUT2D eigenvalue weighted by Crippen LogP contribution is -2.19. The van der Waals surface area contributed by atoms with Gasteiger partial charge >= 0.3 is 0 Å². The maximum absolute atomic E-state index is 10.6. The van der Waals surface area contributed by atoms with Gasteiger partial charge in [0.15, 0.2) is 0 Å². The maximum atomic E-state index is 10.6. The molecule has 3 aromatic heterocycles. The number of methoxy groups -OCH3 is 2. The average Bonchev–Trinajstić information content (AvgIpc) is 3.41. The van der Waals surface area contributed by atoms with Gasteiger partial charge < -0.3 is 20.1 Å². The van der Waals surface area contributed by atoms with Gasteiger partial charge in [-0.2, -0.15) is 0 Å². The molecule has 13 heteroatoms. The second kappa shape index (κ2) is 13.5. The van der Waals surface area contributed by atoms with Crippen LogP contribution in [-0.4, -0.2) is 52.1 Å². The monoisotopic (exact) mass is 513 g/mol. The van der Waals surface area contributed by atoms with Gasteiger partial charge in [0, 0.05) is 36.3 Å². The first-order valence-electron chi connectivity index (χ1n) is 11.3. The smallest absolute Gasteiger partial charge is 0.290 e. The van der Waals surface area contributed by atoms with Crippen molar-refractivity contribution in [2.24, 2.45) is 0 Å². The minimum atomic E-state index is -0.470. The van der Waals surface area contributed by atoms with Crippen LogP contribution < -0.4 is 20.1 Å². The third-order valence-corrected chi connectivity index (χ3v) is 5.49. The number of ether oxygens (including phenoxy) is 2. The molecule has 0 saturated carbocycles. The van der Waals surface area contributed by atoms with E-state index in [1.165, 1.54) is 38.4 Å². The Kier molecular flexibility index (Phi) is 10.5. The molecular weight excluding hydrogens is 482 g/mol. The molecular formula is C24H31N7O6. The summed E-state index contributed by atoms with van der Waals surface area (Å²) in [7, 11) is 3.05. The van der Waals surface area contributed by atoms with E-state index in [1.54, 1.807) is 39.3 Å². The number of nitrogens with zero attached hydrogens (tertiary/aromatic N) is 6. The molecule has 0 aliphatic carbocycles. The molecule has 0 spiro atoms. The van der Waals surface area contributed by atoms with Crippen molar-refractivity contribution in [3.05, 3.63) is 73.7 Å². The molecule has 0 amide bonds. The van der Waals surface area contributed by atoms with E-state index in [9.17, 15) is 20.2 Å². The maximum Gasteiger partial charge on any atom is 0.290 e. The van der Waals surface area contributed by atoms with Crippen LogP contribution in [0, 0.1) is 41.0 Å². The normalized spacial score (nSPS) is 12.0. The summed E-state index contributed by atoms with van der Waals surface area (Å²) in [6, 6.07) is 5.12. The van der Waals surface area contributed by atoms with Gasteiger partial charge in [0.2, 0.25) is 11.8 Å². The molecule has 0 atom stereocenters. The number of pyridine rings is 3. The van der Waals surface area contributed by atoms with E-state index in [0.29, 0.717) is 28.6 Å². The van der Waals surface area contributed by atoms with E-state index in [1.807, 2.05) is 6.92 Å². The van der Waals surface area contributed by atoms with Crippen molar-refractivity contribution in [2.45, 2.75) is 33.6 Å². The number of nitro groups is 2. The van der Waals surface area contributed by atoms with Crippen molar-refractivity contribution < 1.29 is 19.3 Å². The predicted octanol–water partition coefficient (Wildman–Crippen LogP) is 4.19. The zero-order valence-electron chi connectivity index (χ0n) is 21.5. The molecule has 0 unspecified atom stereocenters. The third-order valence-electron chi connectivity index (χ3n) is 5.49. The fourth-order valence-electron chi connectivity index (χ4n) is 3.32. The summed E-state index contributed by atoms with van der Waals surface area (Å²) in [5.41, 5.74) is 8.54. The van der Waals surface area contributed by atoms with E-state index < -0.39 is 9.85 Å². The number of rotatable bonds is 5. The highest BCUT2D eigenvalue weighted by atomic mass is 16.6. The van der Waals surface area contributed by atoms with Gasteiger partial charge in [0.25, 0.3) is 11.4 Å². The Balaban J connectivity index is 0.000000200. The van der Waals surface area contributed by atoms with Crippen molar-refractivity contribution in [1.82, 2.24) is 15.0 Å². The van der Waals surface area contributed by atoms with Gasteiger partial charge in [0.1, 0.15) is 18.2 Å². The summed E-state index contributed by atoms with van der Waals surface area (Å²) < 4.78 is 9.68. The Hall–Kier alpha value is -4.55. The first-order valence-corrected chi connectivity index (χ1v) is 11.3. The standard InChI is InChI=1S/C10H13N3O2.C7H8N2O3.C7H10N2O/c1-8-6-10(12-4-2-3-5-12)11-7-9(8)13(14)15;1-5-3-7(12-2)8-4-6(5)9(10)11;1-5-3-7(10-2)9-4-6(5)8/h6-7H,2-5H2,1H3;3-4H,1-2H3;3-4H,8H2,1-2H3. The van der Waals surface area contributed by atoms with Crippen LogP contribution in [0.15, 0.2) is 36.8 Å². The number of aromatic nitrogens is 3.